The van der Waals surface area contributed by atoms with Gasteiger partial charge in [-0.15, -0.1) is 0 Å². The van der Waals surface area contributed by atoms with Crippen molar-refractivity contribution in [2.75, 3.05) is 6.61 Å². The minimum atomic E-state index is -0.878. The number of benzene rings is 3. The van der Waals surface area contributed by atoms with E-state index < -0.39 is 11.8 Å². The molecule has 6 heteroatoms. The number of carboxylic acid groups (broad SMARTS) is 1. The summed E-state index contributed by atoms with van der Waals surface area (Å²) in [5, 5.41) is 13.6. The van der Waals surface area contributed by atoms with Gasteiger partial charge in [-0.25, -0.2) is 9.07 Å². The maximum absolute atomic E-state index is 14.1. The molecule has 0 amide bonds. The Morgan fingerprint density at radius 1 is 0.968 bits per heavy atom. The zero-order chi connectivity index (χ0) is 21.6. The Morgan fingerprint density at radius 3 is 2.39 bits per heavy atom. The van der Waals surface area contributed by atoms with Crippen LogP contribution < -0.4 is 4.74 Å². The van der Waals surface area contributed by atoms with E-state index in [2.05, 4.69) is 0 Å². The smallest absolute Gasteiger partial charge is 0.303 e. The van der Waals surface area contributed by atoms with E-state index in [9.17, 15) is 9.18 Å². The number of aromatic nitrogens is 2. The van der Waals surface area contributed by atoms with Gasteiger partial charge in [-0.2, -0.15) is 5.10 Å². The summed E-state index contributed by atoms with van der Waals surface area (Å²) in [7, 11) is 0. The van der Waals surface area contributed by atoms with E-state index in [1.54, 1.807) is 6.07 Å². The number of carbonyl (C=O) groups is 1. The first-order chi connectivity index (χ1) is 15.1. The summed E-state index contributed by atoms with van der Waals surface area (Å²) in [5.74, 6) is -0.815. The summed E-state index contributed by atoms with van der Waals surface area (Å²) in [6.45, 7) is 0.218. The van der Waals surface area contributed by atoms with Crippen LogP contribution >= 0.6 is 0 Å². The lowest BCUT2D eigenvalue weighted by Crippen LogP contribution is -2.03. The third-order valence-electron chi connectivity index (χ3n) is 4.79. The molecule has 0 aliphatic carbocycles. The molecule has 0 saturated heterocycles. The number of halogens is 1. The molecule has 3 aromatic carbocycles. The van der Waals surface area contributed by atoms with E-state index in [1.165, 1.54) is 12.1 Å². The molecule has 5 nitrogen and oxygen atoms in total. The molecule has 0 radical (unpaired) electrons. The van der Waals surface area contributed by atoms with Gasteiger partial charge >= 0.3 is 5.97 Å². The molecule has 0 aliphatic heterocycles. The van der Waals surface area contributed by atoms with Gasteiger partial charge in [0.05, 0.1) is 23.7 Å². The lowest BCUT2D eigenvalue weighted by atomic mass is 10.1. The molecule has 1 heterocycles. The highest BCUT2D eigenvalue weighted by molar-refractivity contribution is 5.74. The molecule has 0 aliphatic rings. The van der Waals surface area contributed by atoms with Gasteiger partial charge in [0.1, 0.15) is 11.6 Å². The van der Waals surface area contributed by atoms with Gasteiger partial charge in [0.25, 0.3) is 0 Å². The first-order valence-corrected chi connectivity index (χ1v) is 9.97. The third-order valence-corrected chi connectivity index (χ3v) is 4.79. The number of carboxylic acids is 1. The van der Waals surface area contributed by atoms with E-state index in [0.717, 1.165) is 16.9 Å². The Kier molecular flexibility index (Phi) is 6.08. The molecule has 156 valence electrons. The molecular formula is C25H21FN2O3. The van der Waals surface area contributed by atoms with Crippen LogP contribution in [-0.4, -0.2) is 27.5 Å². The summed E-state index contributed by atoms with van der Waals surface area (Å²) in [5.41, 5.74) is 3.80. The van der Waals surface area contributed by atoms with Crippen LogP contribution in [0.2, 0.25) is 0 Å². The van der Waals surface area contributed by atoms with Gasteiger partial charge in [0, 0.05) is 17.5 Å². The highest BCUT2D eigenvalue weighted by Gasteiger charge is 2.17. The first-order valence-electron chi connectivity index (χ1n) is 9.97. The van der Waals surface area contributed by atoms with Crippen molar-refractivity contribution in [1.82, 2.24) is 9.78 Å². The lowest BCUT2D eigenvalue weighted by Gasteiger charge is -2.10. The first kappa shape index (κ1) is 20.3. The van der Waals surface area contributed by atoms with Crippen molar-refractivity contribution < 1.29 is 19.0 Å². The molecule has 0 bridgehead atoms. The molecule has 31 heavy (non-hydrogen) atoms. The predicted octanol–water partition coefficient (Wildman–Crippen LogP) is 5.59. The summed E-state index contributed by atoms with van der Waals surface area (Å²) in [4.78, 5) is 10.7. The molecule has 0 spiro atoms. The Morgan fingerprint density at radius 2 is 1.68 bits per heavy atom. The SMILES string of the molecule is O=C(O)CCCOc1ccc(F)cc1-c1cc(-c2ccccc2)n(-c2ccccc2)n1. The Hall–Kier alpha value is -3.93. The van der Waals surface area contributed by atoms with Gasteiger partial charge in [-0.3, -0.25) is 4.79 Å². The van der Waals surface area contributed by atoms with Crippen molar-refractivity contribution in [3.8, 4) is 34.0 Å². The normalized spacial score (nSPS) is 10.7. The van der Waals surface area contributed by atoms with Crippen LogP contribution in [-0.2, 0) is 4.79 Å². The molecule has 4 aromatic rings. The Labute approximate surface area is 179 Å². The molecule has 0 saturated carbocycles. The number of hydrogen-bond acceptors (Lipinski definition) is 3. The van der Waals surface area contributed by atoms with Gasteiger partial charge in [0.15, 0.2) is 0 Å². The van der Waals surface area contributed by atoms with Crippen molar-refractivity contribution in [2.24, 2.45) is 0 Å². The number of rotatable bonds is 8. The monoisotopic (exact) mass is 416 g/mol. The summed E-state index contributed by atoms with van der Waals surface area (Å²) >= 11 is 0. The van der Waals surface area contributed by atoms with Crippen molar-refractivity contribution in [1.29, 1.82) is 0 Å². The fourth-order valence-electron chi connectivity index (χ4n) is 3.33. The largest absolute Gasteiger partial charge is 0.493 e. The van der Waals surface area contributed by atoms with Crippen LogP contribution in [0.25, 0.3) is 28.2 Å². The van der Waals surface area contributed by atoms with E-state index in [-0.39, 0.29) is 13.0 Å². The van der Waals surface area contributed by atoms with Crippen molar-refractivity contribution >= 4 is 5.97 Å². The van der Waals surface area contributed by atoms with Gasteiger partial charge in [0.2, 0.25) is 0 Å². The molecule has 0 fully saturated rings. The second-order valence-electron chi connectivity index (χ2n) is 7.01. The van der Waals surface area contributed by atoms with Crippen LogP contribution in [0.3, 0.4) is 0 Å². The third kappa shape index (κ3) is 4.80. The number of nitrogens with zero attached hydrogens (tertiary/aromatic N) is 2. The van der Waals surface area contributed by atoms with Gasteiger partial charge < -0.3 is 9.84 Å². The Bertz CT molecular complexity index is 1120. The standard InChI is InChI=1S/C25H21FN2O3/c26-19-13-14-24(31-15-7-12-25(29)30)21(16-19)22-17-23(18-8-3-1-4-9-18)28(27-22)20-10-5-2-6-11-20/h1-6,8-11,13-14,16-17H,7,12,15H2,(H,29,30). The molecule has 4 rings (SSSR count). The van der Waals surface area contributed by atoms with E-state index >= 15 is 0 Å². The predicted molar refractivity (Wildman–Crippen MR) is 117 cm³/mol. The summed E-state index contributed by atoms with van der Waals surface area (Å²) < 4.78 is 21.7. The van der Waals surface area contributed by atoms with Crippen molar-refractivity contribution in [3.05, 3.63) is 90.7 Å². The van der Waals surface area contributed by atoms with Crippen molar-refractivity contribution in [3.63, 3.8) is 0 Å². The average Bonchev–Trinajstić information content (AvgIpc) is 3.24. The number of hydrogen-bond donors (Lipinski definition) is 1. The van der Waals surface area contributed by atoms with Crippen LogP contribution in [0, 0.1) is 5.82 Å². The van der Waals surface area contributed by atoms with E-state index in [0.29, 0.717) is 23.4 Å². The summed E-state index contributed by atoms with van der Waals surface area (Å²) in [6.07, 6.45) is 0.372. The minimum absolute atomic E-state index is 0.0112. The lowest BCUT2D eigenvalue weighted by molar-refractivity contribution is -0.137. The summed E-state index contributed by atoms with van der Waals surface area (Å²) in [6, 6.07) is 25.7. The maximum atomic E-state index is 14.1. The zero-order valence-electron chi connectivity index (χ0n) is 16.7. The highest BCUT2D eigenvalue weighted by Crippen LogP contribution is 2.34. The fourth-order valence-corrected chi connectivity index (χ4v) is 3.33. The van der Waals surface area contributed by atoms with Crippen LogP contribution in [0.5, 0.6) is 5.75 Å². The zero-order valence-corrected chi connectivity index (χ0v) is 16.7. The number of ether oxygens (including phenoxy) is 1. The fraction of sp³-hybridized carbons (Fsp3) is 0.120. The number of aliphatic carboxylic acids is 1. The highest BCUT2D eigenvalue weighted by atomic mass is 19.1. The van der Waals surface area contributed by atoms with E-state index in [1.807, 2.05) is 71.4 Å². The molecule has 1 aromatic heterocycles. The number of para-hydroxylation sites is 1. The van der Waals surface area contributed by atoms with Crippen LogP contribution in [0.15, 0.2) is 84.9 Å². The van der Waals surface area contributed by atoms with E-state index in [4.69, 9.17) is 14.9 Å². The molecule has 0 unspecified atom stereocenters. The quantitative estimate of drug-likeness (QED) is 0.380. The van der Waals surface area contributed by atoms with Crippen LogP contribution in [0.1, 0.15) is 12.8 Å². The van der Waals surface area contributed by atoms with Gasteiger partial charge in [-0.05, 0) is 42.8 Å². The minimum Gasteiger partial charge on any atom is -0.493 e. The second-order valence-corrected chi connectivity index (χ2v) is 7.01. The van der Waals surface area contributed by atoms with Gasteiger partial charge in [-0.1, -0.05) is 48.5 Å². The van der Waals surface area contributed by atoms with Crippen LogP contribution in [0.4, 0.5) is 4.39 Å². The molecular weight excluding hydrogens is 395 g/mol. The van der Waals surface area contributed by atoms with Crippen molar-refractivity contribution in [2.45, 2.75) is 12.8 Å². The topological polar surface area (TPSA) is 64.3 Å². The Balaban J connectivity index is 1.76. The average molecular weight is 416 g/mol. The molecule has 0 atom stereocenters. The molecule has 1 N–H and O–H groups in total. The maximum Gasteiger partial charge on any atom is 0.303 e. The second kappa shape index (κ2) is 9.26.